The Hall–Kier alpha value is -3.00. The third-order valence-corrected chi connectivity index (χ3v) is 4.35. The molecule has 0 unspecified atom stereocenters. The number of nitrogens with one attached hydrogen (secondary N) is 2. The molecule has 3 rings (SSSR count). The highest BCUT2D eigenvalue weighted by atomic mass is 79.9. The summed E-state index contributed by atoms with van der Waals surface area (Å²) in [5, 5.41) is 5.84. The van der Waals surface area contributed by atoms with Gasteiger partial charge in [-0.1, -0.05) is 22.0 Å². The highest BCUT2D eigenvalue weighted by Gasteiger charge is 2.12. The Morgan fingerprint density at radius 3 is 2.63 bits per heavy atom. The van der Waals surface area contributed by atoms with Crippen LogP contribution in [0.15, 0.2) is 52.0 Å². The Balaban J connectivity index is 1.86. The summed E-state index contributed by atoms with van der Waals surface area (Å²) in [5.74, 6) is -0.639. The molecule has 0 saturated carbocycles. The number of benzene rings is 2. The van der Waals surface area contributed by atoms with Crippen LogP contribution in [0.4, 0.5) is 11.4 Å². The molecular weight excluding hydrogens is 412 g/mol. The van der Waals surface area contributed by atoms with E-state index in [0.29, 0.717) is 22.3 Å². The summed E-state index contributed by atoms with van der Waals surface area (Å²) in [6.45, 7) is 3.08. The normalized spacial score (nSPS) is 10.6. The van der Waals surface area contributed by atoms with Gasteiger partial charge in [0.15, 0.2) is 0 Å². The van der Waals surface area contributed by atoms with Crippen molar-refractivity contribution in [1.82, 2.24) is 9.55 Å². The van der Waals surface area contributed by atoms with Crippen LogP contribution in [0.3, 0.4) is 0 Å². The van der Waals surface area contributed by atoms with E-state index in [4.69, 9.17) is 0 Å². The van der Waals surface area contributed by atoms with Gasteiger partial charge in [0.2, 0.25) is 11.8 Å². The lowest BCUT2D eigenvalue weighted by Gasteiger charge is -2.13. The van der Waals surface area contributed by atoms with Gasteiger partial charge in [0.05, 0.1) is 28.6 Å². The Labute approximate surface area is 163 Å². The predicted octanol–water partition coefficient (Wildman–Crippen LogP) is 3.06. The third kappa shape index (κ3) is 4.40. The van der Waals surface area contributed by atoms with E-state index < -0.39 is 5.91 Å². The average Bonchev–Trinajstić information content (AvgIpc) is 2.60. The second-order valence-corrected chi connectivity index (χ2v) is 7.03. The van der Waals surface area contributed by atoms with Gasteiger partial charge in [0, 0.05) is 11.4 Å². The maximum absolute atomic E-state index is 12.6. The van der Waals surface area contributed by atoms with Crippen LogP contribution in [0.25, 0.3) is 10.9 Å². The van der Waals surface area contributed by atoms with Crippen molar-refractivity contribution < 1.29 is 9.59 Å². The smallest absolute Gasteiger partial charge is 0.261 e. The fourth-order valence-corrected chi connectivity index (χ4v) is 3.01. The molecule has 7 nitrogen and oxygen atoms in total. The standard InChI is InChI=1S/C19H17BrN4O3/c1-11-3-5-16(22-12(2)25)17(7-11)23-18(26)9-24-10-21-15-6-4-13(20)8-14(15)19(24)27/h3-8,10H,9H2,1-2H3,(H,22,25)(H,23,26). The number of hydrogen-bond acceptors (Lipinski definition) is 4. The van der Waals surface area contributed by atoms with E-state index >= 15 is 0 Å². The van der Waals surface area contributed by atoms with Crippen molar-refractivity contribution in [2.24, 2.45) is 0 Å². The second-order valence-electron chi connectivity index (χ2n) is 6.12. The van der Waals surface area contributed by atoms with E-state index in [0.717, 1.165) is 10.0 Å². The molecule has 0 atom stereocenters. The summed E-state index contributed by atoms with van der Waals surface area (Å²) in [4.78, 5) is 40.6. The first-order valence-corrected chi connectivity index (χ1v) is 8.95. The molecule has 2 N–H and O–H groups in total. The van der Waals surface area contributed by atoms with Gasteiger partial charge in [-0.2, -0.15) is 0 Å². The van der Waals surface area contributed by atoms with E-state index in [1.54, 1.807) is 30.3 Å². The number of aryl methyl sites for hydroxylation is 1. The molecule has 8 heteroatoms. The first-order valence-electron chi connectivity index (χ1n) is 8.16. The summed E-state index contributed by atoms with van der Waals surface area (Å²) in [5.41, 5.74) is 2.15. The molecule has 0 fully saturated rings. The van der Waals surface area contributed by atoms with Crippen LogP contribution in [0.1, 0.15) is 12.5 Å². The Bertz CT molecular complexity index is 1110. The quantitative estimate of drug-likeness (QED) is 0.667. The predicted molar refractivity (Wildman–Crippen MR) is 108 cm³/mol. The van der Waals surface area contributed by atoms with Crippen molar-refractivity contribution in [1.29, 1.82) is 0 Å². The van der Waals surface area contributed by atoms with Crippen LogP contribution < -0.4 is 16.2 Å². The fraction of sp³-hybridized carbons (Fsp3) is 0.158. The number of nitrogens with zero attached hydrogens (tertiary/aromatic N) is 2. The average molecular weight is 429 g/mol. The van der Waals surface area contributed by atoms with Gasteiger partial charge >= 0.3 is 0 Å². The summed E-state index contributed by atoms with van der Waals surface area (Å²) in [7, 11) is 0. The van der Waals surface area contributed by atoms with Crippen LogP contribution in [-0.4, -0.2) is 21.4 Å². The summed E-state index contributed by atoms with van der Waals surface area (Å²) in [6.07, 6.45) is 1.35. The first-order chi connectivity index (χ1) is 12.8. The number of rotatable bonds is 4. The maximum atomic E-state index is 12.6. The fourth-order valence-electron chi connectivity index (χ4n) is 2.65. The Morgan fingerprint density at radius 2 is 1.89 bits per heavy atom. The molecule has 138 valence electrons. The van der Waals surface area contributed by atoms with Crippen molar-refractivity contribution in [3.8, 4) is 0 Å². The number of carbonyl (C=O) groups is 2. The molecule has 2 aromatic carbocycles. The number of halogens is 1. The topological polar surface area (TPSA) is 93.1 Å². The van der Waals surface area contributed by atoms with Crippen LogP contribution in [-0.2, 0) is 16.1 Å². The highest BCUT2D eigenvalue weighted by Crippen LogP contribution is 2.23. The number of carbonyl (C=O) groups excluding carboxylic acids is 2. The molecule has 0 aliphatic heterocycles. The second kappa shape index (κ2) is 7.71. The molecule has 3 aromatic rings. The number of anilines is 2. The molecule has 0 radical (unpaired) electrons. The largest absolute Gasteiger partial charge is 0.325 e. The summed E-state index contributed by atoms with van der Waals surface area (Å²) >= 11 is 3.33. The van der Waals surface area contributed by atoms with Gasteiger partial charge in [0.1, 0.15) is 6.54 Å². The minimum Gasteiger partial charge on any atom is -0.325 e. The minimum absolute atomic E-state index is 0.193. The first kappa shape index (κ1) is 18.8. The molecule has 2 amide bonds. The number of fused-ring (bicyclic) bond motifs is 1. The number of hydrogen-bond donors (Lipinski definition) is 2. The lowest BCUT2D eigenvalue weighted by atomic mass is 10.2. The molecular formula is C19H17BrN4O3. The maximum Gasteiger partial charge on any atom is 0.261 e. The van der Waals surface area contributed by atoms with Crippen molar-refractivity contribution in [3.05, 3.63) is 63.1 Å². The van der Waals surface area contributed by atoms with E-state index in [1.165, 1.54) is 17.8 Å². The minimum atomic E-state index is -0.398. The summed E-state index contributed by atoms with van der Waals surface area (Å²) in [6, 6.07) is 10.5. The molecule has 27 heavy (non-hydrogen) atoms. The van der Waals surface area contributed by atoms with E-state index in [1.807, 2.05) is 13.0 Å². The van der Waals surface area contributed by atoms with Crippen molar-refractivity contribution in [3.63, 3.8) is 0 Å². The zero-order valence-corrected chi connectivity index (χ0v) is 16.3. The Morgan fingerprint density at radius 1 is 1.11 bits per heavy atom. The zero-order valence-electron chi connectivity index (χ0n) is 14.7. The number of amides is 2. The van der Waals surface area contributed by atoms with E-state index in [2.05, 4.69) is 31.5 Å². The lowest BCUT2D eigenvalue weighted by molar-refractivity contribution is -0.117. The van der Waals surface area contributed by atoms with Crippen molar-refractivity contribution in [2.75, 3.05) is 10.6 Å². The molecule has 0 bridgehead atoms. The highest BCUT2D eigenvalue weighted by molar-refractivity contribution is 9.10. The van der Waals surface area contributed by atoms with Crippen LogP contribution >= 0.6 is 15.9 Å². The molecule has 0 aliphatic carbocycles. The van der Waals surface area contributed by atoms with Gasteiger partial charge in [-0.05, 0) is 42.8 Å². The van der Waals surface area contributed by atoms with Crippen LogP contribution in [0.5, 0.6) is 0 Å². The molecule has 1 aromatic heterocycles. The lowest BCUT2D eigenvalue weighted by Crippen LogP contribution is -2.28. The van der Waals surface area contributed by atoms with Gasteiger partial charge in [-0.25, -0.2) is 4.98 Å². The molecule has 0 aliphatic rings. The third-order valence-electron chi connectivity index (χ3n) is 3.86. The van der Waals surface area contributed by atoms with Crippen molar-refractivity contribution >= 4 is 50.0 Å². The van der Waals surface area contributed by atoms with Crippen LogP contribution in [0.2, 0.25) is 0 Å². The summed E-state index contributed by atoms with van der Waals surface area (Å²) < 4.78 is 2.01. The van der Waals surface area contributed by atoms with Gasteiger partial charge < -0.3 is 10.6 Å². The monoisotopic (exact) mass is 428 g/mol. The van der Waals surface area contributed by atoms with Gasteiger partial charge in [0.25, 0.3) is 5.56 Å². The van der Waals surface area contributed by atoms with Gasteiger partial charge in [-0.15, -0.1) is 0 Å². The molecule has 0 saturated heterocycles. The molecule has 1 heterocycles. The molecule has 0 spiro atoms. The zero-order chi connectivity index (χ0) is 19.6. The number of aromatic nitrogens is 2. The SMILES string of the molecule is CC(=O)Nc1ccc(C)cc1NC(=O)Cn1cnc2ccc(Br)cc2c1=O. The van der Waals surface area contributed by atoms with E-state index in [9.17, 15) is 14.4 Å². The van der Waals surface area contributed by atoms with Crippen LogP contribution in [0, 0.1) is 6.92 Å². The van der Waals surface area contributed by atoms with Crippen molar-refractivity contribution in [2.45, 2.75) is 20.4 Å². The Kier molecular flexibility index (Phi) is 5.36. The van der Waals surface area contributed by atoms with Gasteiger partial charge in [-0.3, -0.25) is 19.0 Å². The van der Waals surface area contributed by atoms with E-state index in [-0.39, 0.29) is 18.0 Å².